The molecule has 2 heterocycles. The van der Waals surface area contributed by atoms with Gasteiger partial charge in [0.15, 0.2) is 0 Å². The number of carbonyl (C=O) groups is 1. The van der Waals surface area contributed by atoms with E-state index in [9.17, 15) is 4.79 Å². The molecule has 2 aromatic rings. The number of aromatic nitrogens is 2. The fourth-order valence-electron chi connectivity index (χ4n) is 2.96. The standard InChI is InChI=1S/C18H24N4O2/c1-13-17(11-20-18(23)19-10-15-8-9-24-12-15)14(2)22(21-13)16-6-4-3-5-7-16/h3-7,15H,8-12H2,1-2H3,(H2,19,20,23)/t15-/m0/s1. The van der Waals surface area contributed by atoms with Crippen LogP contribution in [0.1, 0.15) is 23.4 Å². The molecule has 1 aliphatic heterocycles. The summed E-state index contributed by atoms with van der Waals surface area (Å²) >= 11 is 0. The Balaban J connectivity index is 1.59. The second-order valence-corrected chi connectivity index (χ2v) is 6.19. The minimum Gasteiger partial charge on any atom is -0.381 e. The van der Waals surface area contributed by atoms with E-state index in [2.05, 4.69) is 15.7 Å². The predicted molar refractivity (Wildman–Crippen MR) is 92.2 cm³/mol. The number of para-hydroxylation sites is 1. The highest BCUT2D eigenvalue weighted by atomic mass is 16.5. The van der Waals surface area contributed by atoms with Crippen molar-refractivity contribution in [3.8, 4) is 5.69 Å². The van der Waals surface area contributed by atoms with Crippen LogP contribution in [0.5, 0.6) is 0 Å². The second kappa shape index (κ2) is 7.49. The zero-order chi connectivity index (χ0) is 16.9. The van der Waals surface area contributed by atoms with Crippen molar-refractivity contribution in [2.75, 3.05) is 19.8 Å². The third kappa shape index (κ3) is 3.76. The van der Waals surface area contributed by atoms with E-state index in [4.69, 9.17) is 4.74 Å². The van der Waals surface area contributed by atoms with Crippen molar-refractivity contribution in [1.29, 1.82) is 0 Å². The van der Waals surface area contributed by atoms with Gasteiger partial charge in [-0.05, 0) is 32.4 Å². The van der Waals surface area contributed by atoms with Crippen LogP contribution in [0.25, 0.3) is 5.69 Å². The maximum absolute atomic E-state index is 12.0. The first kappa shape index (κ1) is 16.5. The number of nitrogens with zero attached hydrogens (tertiary/aromatic N) is 2. The molecular formula is C18H24N4O2. The average Bonchev–Trinajstić information content (AvgIpc) is 3.21. The molecule has 0 unspecified atom stereocenters. The van der Waals surface area contributed by atoms with Gasteiger partial charge in [-0.25, -0.2) is 9.48 Å². The summed E-state index contributed by atoms with van der Waals surface area (Å²) in [6, 6.07) is 9.86. The number of carbonyl (C=O) groups excluding carboxylic acids is 1. The van der Waals surface area contributed by atoms with Gasteiger partial charge in [-0.3, -0.25) is 0 Å². The molecule has 1 aromatic carbocycles. The third-order valence-corrected chi connectivity index (χ3v) is 4.44. The Morgan fingerprint density at radius 2 is 2.08 bits per heavy atom. The largest absolute Gasteiger partial charge is 0.381 e. The molecule has 0 aliphatic carbocycles. The normalized spacial score (nSPS) is 17.0. The molecule has 0 radical (unpaired) electrons. The molecule has 1 aromatic heterocycles. The summed E-state index contributed by atoms with van der Waals surface area (Å²) in [7, 11) is 0. The number of ether oxygens (including phenoxy) is 1. The van der Waals surface area contributed by atoms with Gasteiger partial charge >= 0.3 is 6.03 Å². The van der Waals surface area contributed by atoms with Crippen molar-refractivity contribution in [3.05, 3.63) is 47.3 Å². The van der Waals surface area contributed by atoms with E-state index in [0.29, 0.717) is 19.0 Å². The molecule has 1 aliphatic rings. The number of amides is 2. The van der Waals surface area contributed by atoms with Gasteiger partial charge in [0.2, 0.25) is 0 Å². The zero-order valence-corrected chi connectivity index (χ0v) is 14.2. The molecule has 6 nitrogen and oxygen atoms in total. The SMILES string of the molecule is Cc1nn(-c2ccccc2)c(C)c1CNC(=O)NC[C@@H]1CCOC1. The molecule has 2 N–H and O–H groups in total. The van der Waals surface area contributed by atoms with Gasteiger partial charge < -0.3 is 15.4 Å². The topological polar surface area (TPSA) is 68.2 Å². The molecule has 0 spiro atoms. The summed E-state index contributed by atoms with van der Waals surface area (Å²) in [6.07, 6.45) is 1.02. The first-order valence-electron chi connectivity index (χ1n) is 8.35. The van der Waals surface area contributed by atoms with Crippen molar-refractivity contribution >= 4 is 6.03 Å². The fourth-order valence-corrected chi connectivity index (χ4v) is 2.96. The maximum Gasteiger partial charge on any atom is 0.315 e. The van der Waals surface area contributed by atoms with E-state index in [-0.39, 0.29) is 6.03 Å². The maximum atomic E-state index is 12.0. The monoisotopic (exact) mass is 328 g/mol. The lowest BCUT2D eigenvalue weighted by Gasteiger charge is -2.11. The number of rotatable bonds is 5. The predicted octanol–water partition coefficient (Wildman–Crippen LogP) is 2.32. The fraction of sp³-hybridized carbons (Fsp3) is 0.444. The molecule has 1 fully saturated rings. The Bertz CT molecular complexity index is 691. The minimum atomic E-state index is -0.145. The Kier molecular flexibility index (Phi) is 5.15. The van der Waals surface area contributed by atoms with Crippen LogP contribution in [0.2, 0.25) is 0 Å². The summed E-state index contributed by atoms with van der Waals surface area (Å²) in [5, 5.41) is 10.4. The van der Waals surface area contributed by atoms with Crippen LogP contribution in [0.15, 0.2) is 30.3 Å². The van der Waals surface area contributed by atoms with Gasteiger partial charge in [-0.15, -0.1) is 0 Å². The molecule has 24 heavy (non-hydrogen) atoms. The highest BCUT2D eigenvalue weighted by molar-refractivity contribution is 5.73. The Hall–Kier alpha value is -2.34. The number of hydrogen-bond donors (Lipinski definition) is 2. The first-order chi connectivity index (χ1) is 11.6. The van der Waals surface area contributed by atoms with E-state index < -0.39 is 0 Å². The molecule has 128 valence electrons. The van der Waals surface area contributed by atoms with E-state index >= 15 is 0 Å². The van der Waals surface area contributed by atoms with Crippen molar-refractivity contribution < 1.29 is 9.53 Å². The highest BCUT2D eigenvalue weighted by Gasteiger charge is 2.17. The number of hydrogen-bond acceptors (Lipinski definition) is 3. The van der Waals surface area contributed by atoms with Gasteiger partial charge in [0.1, 0.15) is 0 Å². The van der Waals surface area contributed by atoms with Crippen LogP contribution in [0.4, 0.5) is 4.79 Å². The highest BCUT2D eigenvalue weighted by Crippen LogP contribution is 2.17. The lowest BCUT2D eigenvalue weighted by Crippen LogP contribution is -2.38. The van der Waals surface area contributed by atoms with Crippen LogP contribution in [0, 0.1) is 19.8 Å². The van der Waals surface area contributed by atoms with Gasteiger partial charge in [0.05, 0.1) is 18.0 Å². The first-order valence-corrected chi connectivity index (χ1v) is 8.35. The zero-order valence-electron chi connectivity index (χ0n) is 14.2. The van der Waals surface area contributed by atoms with Gasteiger partial charge in [-0.1, -0.05) is 18.2 Å². The third-order valence-electron chi connectivity index (χ3n) is 4.44. The molecule has 0 bridgehead atoms. The minimum absolute atomic E-state index is 0.145. The van der Waals surface area contributed by atoms with Crippen LogP contribution in [0.3, 0.4) is 0 Å². The molecular weight excluding hydrogens is 304 g/mol. The van der Waals surface area contributed by atoms with Crippen LogP contribution >= 0.6 is 0 Å². The number of urea groups is 1. The molecule has 3 rings (SSSR count). The molecule has 0 saturated carbocycles. The van der Waals surface area contributed by atoms with E-state index in [1.807, 2.05) is 48.9 Å². The molecule has 6 heteroatoms. The lowest BCUT2D eigenvalue weighted by molar-refractivity contribution is 0.185. The van der Waals surface area contributed by atoms with Gasteiger partial charge in [-0.2, -0.15) is 5.10 Å². The van der Waals surface area contributed by atoms with Crippen molar-refractivity contribution in [3.63, 3.8) is 0 Å². The number of benzene rings is 1. The quantitative estimate of drug-likeness (QED) is 0.885. The summed E-state index contributed by atoms with van der Waals surface area (Å²) in [5.41, 5.74) is 4.05. The van der Waals surface area contributed by atoms with Crippen LogP contribution in [-0.4, -0.2) is 35.6 Å². The number of nitrogens with one attached hydrogen (secondary N) is 2. The van der Waals surface area contributed by atoms with Crippen molar-refractivity contribution in [2.24, 2.45) is 5.92 Å². The molecule has 2 amide bonds. The second-order valence-electron chi connectivity index (χ2n) is 6.19. The summed E-state index contributed by atoms with van der Waals surface area (Å²) in [4.78, 5) is 12.0. The summed E-state index contributed by atoms with van der Waals surface area (Å²) in [5.74, 6) is 0.431. The Labute approximate surface area is 142 Å². The lowest BCUT2D eigenvalue weighted by atomic mass is 10.1. The van der Waals surface area contributed by atoms with Gasteiger partial charge in [0.25, 0.3) is 0 Å². The summed E-state index contributed by atoms with van der Waals surface area (Å²) in [6.45, 7) is 6.66. The van der Waals surface area contributed by atoms with E-state index in [0.717, 1.165) is 42.3 Å². The average molecular weight is 328 g/mol. The van der Waals surface area contributed by atoms with Crippen LogP contribution in [-0.2, 0) is 11.3 Å². The van der Waals surface area contributed by atoms with E-state index in [1.165, 1.54) is 0 Å². The molecule has 1 atom stereocenters. The van der Waals surface area contributed by atoms with E-state index in [1.54, 1.807) is 0 Å². The Morgan fingerprint density at radius 1 is 1.29 bits per heavy atom. The van der Waals surface area contributed by atoms with Crippen molar-refractivity contribution in [2.45, 2.75) is 26.8 Å². The smallest absolute Gasteiger partial charge is 0.315 e. The van der Waals surface area contributed by atoms with Crippen LogP contribution < -0.4 is 10.6 Å². The van der Waals surface area contributed by atoms with Crippen molar-refractivity contribution in [1.82, 2.24) is 20.4 Å². The summed E-state index contributed by atoms with van der Waals surface area (Å²) < 4.78 is 7.23. The molecule has 1 saturated heterocycles. The Morgan fingerprint density at radius 3 is 2.79 bits per heavy atom. The number of aryl methyl sites for hydroxylation is 1. The van der Waals surface area contributed by atoms with Gasteiger partial charge in [0, 0.05) is 36.9 Å².